The highest BCUT2D eigenvalue weighted by molar-refractivity contribution is 7.89. The van der Waals surface area contributed by atoms with E-state index in [1.807, 2.05) is 6.07 Å². The molecule has 4 rings (SSSR count). The second kappa shape index (κ2) is 5.99. The number of oxazole rings is 1. The highest BCUT2D eigenvalue weighted by atomic mass is 32.2. The molecular formula is C16H19N5O4S. The fourth-order valence-corrected chi connectivity index (χ4v) is 5.12. The Morgan fingerprint density at radius 1 is 1.15 bits per heavy atom. The molecule has 0 amide bonds. The van der Waals surface area contributed by atoms with Crippen molar-refractivity contribution in [3.05, 3.63) is 40.1 Å². The number of nitrogens with one attached hydrogen (secondary N) is 2. The van der Waals surface area contributed by atoms with E-state index in [2.05, 4.69) is 20.1 Å². The van der Waals surface area contributed by atoms with Crippen molar-refractivity contribution in [2.24, 2.45) is 0 Å². The van der Waals surface area contributed by atoms with Gasteiger partial charge in [0.15, 0.2) is 5.58 Å². The standard InChI is InChI=1S/C16H19N5O4S/c1-10-15(11(2)19-18-10)26(23,24)21-7-5-20(6-8-21)12-3-4-13-14(9-12)25-16(22)17-13/h3-4,9H,5-8H2,1-2H3,(H,17,22)(H,18,19). The Kier molecular flexibility index (Phi) is 3.88. The van der Waals surface area contributed by atoms with Crippen LogP contribution in [0.15, 0.2) is 32.3 Å². The molecule has 1 fully saturated rings. The van der Waals surface area contributed by atoms with Gasteiger partial charge < -0.3 is 9.32 Å². The first-order valence-corrected chi connectivity index (χ1v) is 9.70. The lowest BCUT2D eigenvalue weighted by Crippen LogP contribution is -2.48. The summed E-state index contributed by atoms with van der Waals surface area (Å²) in [5.74, 6) is -0.487. The smallest absolute Gasteiger partial charge is 0.408 e. The highest BCUT2D eigenvalue weighted by Crippen LogP contribution is 2.25. The van der Waals surface area contributed by atoms with E-state index in [-0.39, 0.29) is 4.90 Å². The van der Waals surface area contributed by atoms with Gasteiger partial charge in [0, 0.05) is 37.9 Å². The summed E-state index contributed by atoms with van der Waals surface area (Å²) in [6.45, 7) is 5.25. The molecule has 3 heterocycles. The van der Waals surface area contributed by atoms with Crippen molar-refractivity contribution < 1.29 is 12.8 Å². The number of hydrogen-bond donors (Lipinski definition) is 2. The van der Waals surface area contributed by atoms with Crippen LogP contribution in [0.5, 0.6) is 0 Å². The van der Waals surface area contributed by atoms with Crippen LogP contribution in [-0.4, -0.2) is 54.1 Å². The summed E-state index contributed by atoms with van der Waals surface area (Å²) in [4.78, 5) is 16.2. The van der Waals surface area contributed by atoms with Crippen LogP contribution in [0.4, 0.5) is 5.69 Å². The summed E-state index contributed by atoms with van der Waals surface area (Å²) in [5, 5.41) is 6.72. The van der Waals surface area contributed by atoms with Crippen LogP contribution in [0.25, 0.3) is 11.1 Å². The Hall–Kier alpha value is -2.59. The lowest BCUT2D eigenvalue weighted by Gasteiger charge is -2.35. The molecule has 0 spiro atoms. The molecule has 1 saturated heterocycles. The van der Waals surface area contributed by atoms with E-state index in [4.69, 9.17) is 4.42 Å². The molecule has 1 aliphatic heterocycles. The Labute approximate surface area is 149 Å². The number of aromatic nitrogens is 3. The van der Waals surface area contributed by atoms with Gasteiger partial charge in [0.25, 0.3) is 0 Å². The van der Waals surface area contributed by atoms with Crippen molar-refractivity contribution >= 4 is 26.8 Å². The lowest BCUT2D eigenvalue weighted by molar-refractivity contribution is 0.384. The second-order valence-electron chi connectivity index (χ2n) is 6.35. The number of aryl methyl sites for hydroxylation is 2. The van der Waals surface area contributed by atoms with E-state index in [9.17, 15) is 13.2 Å². The Bertz CT molecular complexity index is 1100. The minimum atomic E-state index is -3.57. The van der Waals surface area contributed by atoms with Crippen LogP contribution in [0.1, 0.15) is 11.4 Å². The van der Waals surface area contributed by atoms with Crippen LogP contribution in [-0.2, 0) is 10.0 Å². The average Bonchev–Trinajstić information content (AvgIpc) is 3.15. The summed E-state index contributed by atoms with van der Waals surface area (Å²) in [5.41, 5.74) is 3.07. The molecule has 0 radical (unpaired) electrons. The van der Waals surface area contributed by atoms with Crippen molar-refractivity contribution in [1.82, 2.24) is 19.5 Å². The SMILES string of the molecule is Cc1n[nH]c(C)c1S(=O)(=O)N1CCN(c2ccc3[nH]c(=O)oc3c2)CC1. The number of hydrogen-bond acceptors (Lipinski definition) is 6. The Morgan fingerprint density at radius 2 is 1.88 bits per heavy atom. The van der Waals surface area contributed by atoms with Gasteiger partial charge in [-0.3, -0.25) is 10.1 Å². The molecule has 3 aromatic rings. The first-order chi connectivity index (χ1) is 12.4. The number of H-pyrrole nitrogens is 2. The monoisotopic (exact) mass is 377 g/mol. The van der Waals surface area contributed by atoms with Crippen molar-refractivity contribution in [2.45, 2.75) is 18.7 Å². The average molecular weight is 377 g/mol. The maximum Gasteiger partial charge on any atom is 0.417 e. The Balaban J connectivity index is 1.54. The number of rotatable bonds is 3. The number of aromatic amines is 2. The molecule has 2 aromatic heterocycles. The minimum absolute atomic E-state index is 0.265. The number of anilines is 1. The van der Waals surface area contributed by atoms with E-state index < -0.39 is 15.8 Å². The number of piperazine rings is 1. The van der Waals surface area contributed by atoms with Crippen molar-refractivity contribution in [1.29, 1.82) is 0 Å². The van der Waals surface area contributed by atoms with E-state index in [0.29, 0.717) is 48.7 Å². The molecule has 1 aliphatic rings. The summed E-state index contributed by atoms with van der Waals surface area (Å²) in [6, 6.07) is 5.47. The molecular weight excluding hydrogens is 358 g/mol. The predicted octanol–water partition coefficient (Wildman–Crippen LogP) is 0.972. The lowest BCUT2D eigenvalue weighted by atomic mass is 10.2. The first-order valence-electron chi connectivity index (χ1n) is 8.26. The van der Waals surface area contributed by atoms with Gasteiger partial charge >= 0.3 is 5.76 Å². The van der Waals surface area contributed by atoms with E-state index >= 15 is 0 Å². The van der Waals surface area contributed by atoms with Crippen molar-refractivity contribution in [3.8, 4) is 0 Å². The third-order valence-corrected chi connectivity index (χ3v) is 6.83. The number of fused-ring (bicyclic) bond motifs is 1. The van der Waals surface area contributed by atoms with E-state index in [0.717, 1.165) is 5.69 Å². The van der Waals surface area contributed by atoms with Gasteiger partial charge in [-0.2, -0.15) is 9.40 Å². The molecule has 10 heteroatoms. The molecule has 0 bridgehead atoms. The summed E-state index contributed by atoms with van der Waals surface area (Å²) >= 11 is 0. The quantitative estimate of drug-likeness (QED) is 0.703. The molecule has 26 heavy (non-hydrogen) atoms. The number of nitrogens with zero attached hydrogens (tertiary/aromatic N) is 3. The van der Waals surface area contributed by atoms with Gasteiger partial charge in [0.05, 0.1) is 16.9 Å². The minimum Gasteiger partial charge on any atom is -0.408 e. The van der Waals surface area contributed by atoms with Gasteiger partial charge in [-0.25, -0.2) is 13.2 Å². The summed E-state index contributed by atoms with van der Waals surface area (Å²) in [7, 11) is -3.57. The molecule has 0 atom stereocenters. The second-order valence-corrected chi connectivity index (χ2v) is 8.22. The summed E-state index contributed by atoms with van der Waals surface area (Å²) < 4.78 is 32.4. The first kappa shape index (κ1) is 16.9. The van der Waals surface area contributed by atoms with Crippen LogP contribution in [0, 0.1) is 13.8 Å². The molecule has 0 aliphatic carbocycles. The molecule has 9 nitrogen and oxygen atoms in total. The third-order valence-electron chi connectivity index (χ3n) is 4.67. The zero-order valence-electron chi connectivity index (χ0n) is 14.4. The molecule has 1 aromatic carbocycles. The van der Waals surface area contributed by atoms with Gasteiger partial charge in [-0.15, -0.1) is 0 Å². The highest BCUT2D eigenvalue weighted by Gasteiger charge is 2.32. The molecule has 0 saturated carbocycles. The molecule has 0 unspecified atom stereocenters. The van der Waals surface area contributed by atoms with Crippen LogP contribution in [0.3, 0.4) is 0 Å². The normalized spacial score (nSPS) is 16.5. The Morgan fingerprint density at radius 3 is 2.54 bits per heavy atom. The zero-order valence-corrected chi connectivity index (χ0v) is 15.3. The van der Waals surface area contributed by atoms with Crippen LogP contribution in [0.2, 0.25) is 0 Å². The molecule has 138 valence electrons. The predicted molar refractivity (Wildman–Crippen MR) is 95.9 cm³/mol. The maximum atomic E-state index is 12.9. The van der Waals surface area contributed by atoms with E-state index in [1.165, 1.54) is 4.31 Å². The van der Waals surface area contributed by atoms with Crippen molar-refractivity contribution in [3.63, 3.8) is 0 Å². The van der Waals surface area contributed by atoms with Crippen molar-refractivity contribution in [2.75, 3.05) is 31.1 Å². The molecule has 2 N–H and O–H groups in total. The van der Waals surface area contributed by atoms with Gasteiger partial charge in [0.1, 0.15) is 4.90 Å². The largest absolute Gasteiger partial charge is 0.417 e. The van der Waals surface area contributed by atoms with Crippen LogP contribution >= 0.6 is 0 Å². The van der Waals surface area contributed by atoms with Gasteiger partial charge in [-0.05, 0) is 26.0 Å². The van der Waals surface area contributed by atoms with Gasteiger partial charge in [0.2, 0.25) is 10.0 Å². The zero-order chi connectivity index (χ0) is 18.5. The van der Waals surface area contributed by atoms with Crippen LogP contribution < -0.4 is 10.7 Å². The topological polar surface area (TPSA) is 115 Å². The third kappa shape index (κ3) is 2.71. The fraction of sp³-hybridized carbons (Fsp3) is 0.375. The number of benzene rings is 1. The maximum absolute atomic E-state index is 12.9. The fourth-order valence-electron chi connectivity index (χ4n) is 3.37. The summed E-state index contributed by atoms with van der Waals surface area (Å²) in [6.07, 6.45) is 0. The van der Waals surface area contributed by atoms with Gasteiger partial charge in [-0.1, -0.05) is 0 Å². The number of sulfonamides is 1. The van der Waals surface area contributed by atoms with E-state index in [1.54, 1.807) is 26.0 Å².